The number of rotatable bonds is 3. The third-order valence-corrected chi connectivity index (χ3v) is 8.74. The van der Waals surface area contributed by atoms with Crippen LogP contribution in [-0.2, 0) is 28.8 Å². The van der Waals surface area contributed by atoms with Crippen LogP contribution < -0.4 is 10.5 Å². The van der Waals surface area contributed by atoms with E-state index in [9.17, 15) is 13.2 Å². The van der Waals surface area contributed by atoms with Gasteiger partial charge in [0.05, 0.1) is 12.4 Å². The lowest BCUT2D eigenvalue weighted by atomic mass is 9.84. The average Bonchev–Trinajstić information content (AvgIpc) is 2.99. The fourth-order valence-electron chi connectivity index (χ4n) is 4.11. The molecule has 2 aliphatic heterocycles. The number of aliphatic imine (C=N–C) groups is 1. The predicted molar refractivity (Wildman–Crippen MR) is 114 cm³/mol. The molecule has 0 bridgehead atoms. The molecule has 0 saturated carbocycles. The fraction of sp³-hybridized carbons (Fsp3) is 0.476. The van der Waals surface area contributed by atoms with Gasteiger partial charge in [0.25, 0.3) is 0 Å². The Morgan fingerprint density at radius 3 is 2.70 bits per heavy atom. The number of hydrogen-bond donors (Lipinski definition) is 1. The van der Waals surface area contributed by atoms with Gasteiger partial charge in [0.15, 0.2) is 15.6 Å². The van der Waals surface area contributed by atoms with Crippen molar-refractivity contribution in [3.8, 4) is 5.75 Å². The number of aryl methyl sites for hydroxylation is 2. The molecule has 0 radical (unpaired) electrons. The van der Waals surface area contributed by atoms with Crippen molar-refractivity contribution < 1.29 is 17.9 Å². The fourth-order valence-corrected chi connectivity index (χ4v) is 5.83. The minimum absolute atomic E-state index is 0.0979. The summed E-state index contributed by atoms with van der Waals surface area (Å²) >= 11 is 0. The van der Waals surface area contributed by atoms with E-state index in [-0.39, 0.29) is 23.8 Å². The Balaban J connectivity index is 1.75. The lowest BCUT2D eigenvalue weighted by Gasteiger charge is -2.42. The summed E-state index contributed by atoms with van der Waals surface area (Å²) in [6, 6.07) is 5.43. The van der Waals surface area contributed by atoms with Crippen LogP contribution in [0.4, 0.5) is 0 Å². The third kappa shape index (κ3) is 3.12. The highest BCUT2D eigenvalue weighted by molar-refractivity contribution is 7.93. The molecule has 1 aromatic carbocycles. The molecular weight excluding hydrogens is 404 g/mol. The lowest BCUT2D eigenvalue weighted by molar-refractivity contribution is 0.0986. The summed E-state index contributed by atoms with van der Waals surface area (Å²) in [4.78, 5) is 17.5. The van der Waals surface area contributed by atoms with E-state index in [2.05, 4.69) is 5.10 Å². The quantitative estimate of drug-likeness (QED) is 0.741. The van der Waals surface area contributed by atoms with Gasteiger partial charge in [-0.15, -0.1) is 0 Å². The summed E-state index contributed by atoms with van der Waals surface area (Å²) in [5.74, 6) is 0.449. The first-order chi connectivity index (χ1) is 13.9. The number of hydrogen-bond acceptors (Lipinski definition) is 7. The number of amidine groups is 1. The first kappa shape index (κ1) is 20.6. The maximum atomic E-state index is 13.0. The van der Waals surface area contributed by atoms with E-state index in [0.29, 0.717) is 30.0 Å². The van der Waals surface area contributed by atoms with E-state index in [1.807, 2.05) is 19.1 Å². The molecule has 0 saturated heterocycles. The van der Waals surface area contributed by atoms with Crippen LogP contribution >= 0.6 is 0 Å². The summed E-state index contributed by atoms with van der Waals surface area (Å²) in [5, 5.41) is 4.25. The number of sulfone groups is 1. The monoisotopic (exact) mass is 430 g/mol. The van der Waals surface area contributed by atoms with Crippen molar-refractivity contribution in [1.29, 1.82) is 0 Å². The van der Waals surface area contributed by atoms with Gasteiger partial charge in [0, 0.05) is 31.6 Å². The van der Waals surface area contributed by atoms with Crippen LogP contribution in [-0.4, -0.2) is 46.9 Å². The van der Waals surface area contributed by atoms with Gasteiger partial charge >= 0.3 is 0 Å². The Morgan fingerprint density at radius 1 is 1.33 bits per heavy atom. The Kier molecular flexibility index (Phi) is 4.57. The number of nitrogens with two attached hydrogens (primary N) is 1. The Morgan fingerprint density at radius 2 is 2.07 bits per heavy atom. The number of Topliss-reactive ketones (excluding diaryl/α,β-unsaturated/α-hetero) is 1. The second-order valence-electron chi connectivity index (χ2n) is 8.66. The summed E-state index contributed by atoms with van der Waals surface area (Å²) in [6.07, 6.45) is 2.36. The number of nitrogens with zero attached hydrogens (tertiary/aromatic N) is 3. The van der Waals surface area contributed by atoms with E-state index < -0.39 is 20.1 Å². The second kappa shape index (κ2) is 6.66. The van der Waals surface area contributed by atoms with Crippen molar-refractivity contribution in [1.82, 2.24) is 9.78 Å². The van der Waals surface area contributed by atoms with E-state index in [4.69, 9.17) is 15.5 Å². The number of benzene rings is 1. The standard InChI is InChI=1S/C21H26N4O4S/c1-13-11-25(4)24-18(13)16(26)10-14-5-6-17-15(9-14)21(7-8-29-17)12-30(27,28)20(2,3)19(22)23-21/h5-6,9,11H,7-8,10,12H2,1-4H3,(H2,22,23)/t21-/m0/s1. The van der Waals surface area contributed by atoms with Crippen molar-refractivity contribution in [3.63, 3.8) is 0 Å². The van der Waals surface area contributed by atoms with Gasteiger partial charge in [-0.2, -0.15) is 5.10 Å². The minimum Gasteiger partial charge on any atom is -0.493 e. The molecule has 0 amide bonds. The molecule has 9 heteroatoms. The molecule has 2 aliphatic rings. The molecule has 160 valence electrons. The summed E-state index contributed by atoms with van der Waals surface area (Å²) in [7, 11) is -1.76. The molecule has 2 N–H and O–H groups in total. The average molecular weight is 431 g/mol. The van der Waals surface area contributed by atoms with E-state index >= 15 is 0 Å². The highest BCUT2D eigenvalue weighted by atomic mass is 32.2. The number of ketones is 1. The molecular formula is C21H26N4O4S. The summed E-state index contributed by atoms with van der Waals surface area (Å²) in [5.41, 5.74) is 7.81. The first-order valence-corrected chi connectivity index (χ1v) is 11.5. The number of carbonyl (C=O) groups excluding carboxylic acids is 1. The first-order valence-electron chi connectivity index (χ1n) is 9.83. The normalized spacial score (nSPS) is 24.1. The van der Waals surface area contributed by atoms with Crippen LogP contribution in [0.3, 0.4) is 0 Å². The zero-order chi connectivity index (χ0) is 21.9. The van der Waals surface area contributed by atoms with Gasteiger partial charge in [-0.25, -0.2) is 8.42 Å². The number of fused-ring (bicyclic) bond motifs is 2. The van der Waals surface area contributed by atoms with Crippen LogP contribution in [0.2, 0.25) is 0 Å². The highest BCUT2D eigenvalue weighted by Crippen LogP contribution is 2.45. The molecule has 30 heavy (non-hydrogen) atoms. The van der Waals surface area contributed by atoms with Crippen molar-refractivity contribution >= 4 is 21.5 Å². The largest absolute Gasteiger partial charge is 0.493 e. The third-order valence-electron chi connectivity index (χ3n) is 6.12. The number of ether oxygens (including phenoxy) is 1. The van der Waals surface area contributed by atoms with Gasteiger partial charge < -0.3 is 10.5 Å². The van der Waals surface area contributed by atoms with Gasteiger partial charge in [0.2, 0.25) is 0 Å². The Hall–Kier alpha value is -2.68. The van der Waals surface area contributed by atoms with Crippen molar-refractivity contribution in [2.45, 2.75) is 43.9 Å². The van der Waals surface area contributed by atoms with E-state index in [0.717, 1.165) is 11.1 Å². The number of carbonyl (C=O) groups is 1. The van der Waals surface area contributed by atoms with Crippen LogP contribution in [0.25, 0.3) is 0 Å². The minimum atomic E-state index is -3.53. The van der Waals surface area contributed by atoms with Gasteiger partial charge in [-0.05, 0) is 44.0 Å². The predicted octanol–water partition coefficient (Wildman–Crippen LogP) is 1.70. The van der Waals surface area contributed by atoms with E-state index in [1.165, 1.54) is 0 Å². The van der Waals surface area contributed by atoms with Gasteiger partial charge in [-0.1, -0.05) is 6.07 Å². The molecule has 0 aliphatic carbocycles. The molecule has 2 aromatic rings. The Labute approximate surface area is 176 Å². The van der Waals surface area contributed by atoms with Crippen molar-refractivity contribution in [2.24, 2.45) is 17.8 Å². The lowest BCUT2D eigenvalue weighted by Crippen LogP contribution is -2.56. The number of aromatic nitrogens is 2. The molecule has 4 rings (SSSR count). The molecule has 0 unspecified atom stereocenters. The molecule has 8 nitrogen and oxygen atoms in total. The Bertz CT molecular complexity index is 1180. The molecule has 1 aromatic heterocycles. The zero-order valence-electron chi connectivity index (χ0n) is 17.6. The molecule has 3 heterocycles. The van der Waals surface area contributed by atoms with Crippen LogP contribution in [0, 0.1) is 6.92 Å². The maximum Gasteiger partial charge on any atom is 0.187 e. The molecule has 1 atom stereocenters. The summed E-state index contributed by atoms with van der Waals surface area (Å²) < 4.78 is 32.2. The topological polar surface area (TPSA) is 117 Å². The highest BCUT2D eigenvalue weighted by Gasteiger charge is 2.52. The zero-order valence-corrected chi connectivity index (χ0v) is 18.4. The molecule has 1 spiro atoms. The van der Waals surface area contributed by atoms with Crippen molar-refractivity contribution in [3.05, 3.63) is 46.8 Å². The van der Waals surface area contributed by atoms with Crippen molar-refractivity contribution in [2.75, 3.05) is 12.4 Å². The van der Waals surface area contributed by atoms with Crippen LogP contribution in [0.5, 0.6) is 5.75 Å². The second-order valence-corrected chi connectivity index (χ2v) is 11.2. The van der Waals surface area contributed by atoms with Gasteiger partial charge in [-0.3, -0.25) is 14.5 Å². The van der Waals surface area contributed by atoms with Crippen LogP contribution in [0.1, 0.15) is 47.4 Å². The van der Waals surface area contributed by atoms with Crippen LogP contribution in [0.15, 0.2) is 29.4 Å². The smallest absolute Gasteiger partial charge is 0.187 e. The SMILES string of the molecule is Cc1cn(C)nc1C(=O)Cc1ccc2c(c1)[C@]1(CCO2)CS(=O)(=O)C(C)(C)C(N)=N1. The summed E-state index contributed by atoms with van der Waals surface area (Å²) in [6.45, 7) is 5.37. The van der Waals surface area contributed by atoms with E-state index in [1.54, 1.807) is 37.8 Å². The molecule has 0 fully saturated rings. The maximum absolute atomic E-state index is 13.0. The van der Waals surface area contributed by atoms with Gasteiger partial charge in [0.1, 0.15) is 27.6 Å².